The summed E-state index contributed by atoms with van der Waals surface area (Å²) in [6.45, 7) is 0.623. The molecular weight excluding hydrogens is 325 g/mol. The van der Waals surface area contributed by atoms with Crippen molar-refractivity contribution < 1.29 is 19.0 Å². The van der Waals surface area contributed by atoms with Gasteiger partial charge in [0, 0.05) is 13.6 Å². The van der Waals surface area contributed by atoms with Gasteiger partial charge in [0.15, 0.2) is 0 Å². The zero-order valence-corrected chi connectivity index (χ0v) is 13.9. The van der Waals surface area contributed by atoms with Crippen LogP contribution in [0.4, 0.5) is 10.2 Å². The van der Waals surface area contributed by atoms with Crippen LogP contribution in [0.1, 0.15) is 16.9 Å². The number of ether oxygens (including phenoxy) is 1. The number of likely N-dealkylation sites (tertiary alicyclic amines) is 1. The summed E-state index contributed by atoms with van der Waals surface area (Å²) in [5.74, 6) is 0.512. The Morgan fingerprint density at radius 2 is 2.12 bits per heavy atom. The van der Waals surface area contributed by atoms with Crippen molar-refractivity contribution in [3.8, 4) is 5.75 Å². The number of rotatable bonds is 5. The molecule has 1 fully saturated rings. The Morgan fingerprint density at radius 1 is 1.36 bits per heavy atom. The van der Waals surface area contributed by atoms with Crippen LogP contribution in [0.5, 0.6) is 5.75 Å². The first-order chi connectivity index (χ1) is 12.0. The van der Waals surface area contributed by atoms with E-state index < -0.39 is 5.60 Å². The molecule has 1 atom stereocenters. The van der Waals surface area contributed by atoms with E-state index >= 15 is 0 Å². The van der Waals surface area contributed by atoms with Crippen LogP contribution in [0, 0.1) is 5.82 Å². The van der Waals surface area contributed by atoms with E-state index in [1.165, 1.54) is 24.3 Å². The normalized spacial score (nSPS) is 19.7. The lowest BCUT2D eigenvalue weighted by atomic mass is 10.1. The number of aliphatic hydroxyl groups is 1. The van der Waals surface area contributed by atoms with Crippen LogP contribution in [-0.4, -0.2) is 53.2 Å². The van der Waals surface area contributed by atoms with E-state index in [0.29, 0.717) is 30.2 Å². The summed E-state index contributed by atoms with van der Waals surface area (Å²) in [7, 11) is 1.73. The summed E-state index contributed by atoms with van der Waals surface area (Å²) in [5.41, 5.74) is -0.805. The molecule has 0 aliphatic carbocycles. The summed E-state index contributed by atoms with van der Waals surface area (Å²) >= 11 is 0. The quantitative estimate of drug-likeness (QED) is 0.866. The molecule has 1 amide bonds. The van der Waals surface area contributed by atoms with Gasteiger partial charge in [0.2, 0.25) is 0 Å². The smallest absolute Gasteiger partial charge is 0.272 e. The molecule has 1 aliphatic rings. The number of anilines is 1. The van der Waals surface area contributed by atoms with Crippen LogP contribution in [0.2, 0.25) is 0 Å². The number of benzene rings is 1. The number of carbonyl (C=O) groups excluding carboxylic acids is 1. The summed E-state index contributed by atoms with van der Waals surface area (Å²) in [6.07, 6.45) is 0.408. The second-order valence-electron chi connectivity index (χ2n) is 6.10. The van der Waals surface area contributed by atoms with Crippen LogP contribution in [0.15, 0.2) is 42.5 Å². The average Bonchev–Trinajstić information content (AvgIpc) is 3.03. The average molecular weight is 345 g/mol. The maximum Gasteiger partial charge on any atom is 0.272 e. The molecule has 132 valence electrons. The van der Waals surface area contributed by atoms with E-state index in [-0.39, 0.29) is 24.9 Å². The molecule has 1 aliphatic heterocycles. The number of hydrogen-bond donors (Lipinski definition) is 2. The van der Waals surface area contributed by atoms with Crippen LogP contribution < -0.4 is 10.1 Å². The number of pyridine rings is 1. The van der Waals surface area contributed by atoms with Gasteiger partial charge in [-0.3, -0.25) is 4.79 Å². The van der Waals surface area contributed by atoms with Gasteiger partial charge in [-0.05, 0) is 42.8 Å². The minimum absolute atomic E-state index is 0.0341. The zero-order valence-electron chi connectivity index (χ0n) is 13.9. The van der Waals surface area contributed by atoms with Crippen molar-refractivity contribution in [2.24, 2.45) is 0 Å². The van der Waals surface area contributed by atoms with Crippen molar-refractivity contribution in [2.45, 2.75) is 12.0 Å². The largest absolute Gasteiger partial charge is 0.491 e. The van der Waals surface area contributed by atoms with Gasteiger partial charge >= 0.3 is 0 Å². The third-order valence-corrected chi connectivity index (χ3v) is 4.16. The van der Waals surface area contributed by atoms with Crippen molar-refractivity contribution in [1.29, 1.82) is 0 Å². The van der Waals surface area contributed by atoms with Gasteiger partial charge in [-0.15, -0.1) is 0 Å². The molecule has 1 saturated heterocycles. The SMILES string of the molecule is CNc1cccc(C(=O)N2CCC(O)(COc3ccc(F)cc3)C2)n1. The first-order valence-corrected chi connectivity index (χ1v) is 8.04. The Kier molecular flexibility index (Phi) is 4.85. The molecule has 1 unspecified atom stereocenters. The third-order valence-electron chi connectivity index (χ3n) is 4.16. The maximum atomic E-state index is 12.9. The van der Waals surface area contributed by atoms with E-state index in [9.17, 15) is 14.3 Å². The molecule has 3 rings (SSSR count). The molecule has 1 aromatic carbocycles. The molecule has 0 saturated carbocycles. The number of nitrogens with zero attached hydrogens (tertiary/aromatic N) is 2. The van der Waals surface area contributed by atoms with Gasteiger partial charge in [-0.1, -0.05) is 6.07 Å². The van der Waals surface area contributed by atoms with Crippen LogP contribution in [0.3, 0.4) is 0 Å². The summed E-state index contributed by atoms with van der Waals surface area (Å²) < 4.78 is 18.4. The standard InChI is InChI=1S/C18H20FN3O3/c1-20-16-4-2-3-15(21-16)17(23)22-10-9-18(24,11-22)12-25-14-7-5-13(19)6-8-14/h2-8,24H,9-12H2,1H3,(H,20,21). The van der Waals surface area contributed by atoms with E-state index in [2.05, 4.69) is 10.3 Å². The van der Waals surface area contributed by atoms with Crippen LogP contribution >= 0.6 is 0 Å². The lowest BCUT2D eigenvalue weighted by molar-refractivity contribution is 0.00424. The van der Waals surface area contributed by atoms with Crippen LogP contribution in [0.25, 0.3) is 0 Å². The Bertz CT molecular complexity index is 753. The van der Waals surface area contributed by atoms with Gasteiger partial charge in [0.25, 0.3) is 5.91 Å². The third kappa shape index (κ3) is 4.06. The predicted molar refractivity (Wildman–Crippen MR) is 91.1 cm³/mol. The molecule has 0 radical (unpaired) electrons. The first kappa shape index (κ1) is 17.2. The van der Waals surface area contributed by atoms with Crippen molar-refractivity contribution >= 4 is 11.7 Å². The van der Waals surface area contributed by atoms with Crippen molar-refractivity contribution in [2.75, 3.05) is 32.1 Å². The number of amides is 1. The van der Waals surface area contributed by atoms with Gasteiger partial charge in [-0.25, -0.2) is 9.37 Å². The van der Waals surface area contributed by atoms with E-state index in [4.69, 9.17) is 4.74 Å². The summed E-state index contributed by atoms with van der Waals surface area (Å²) in [4.78, 5) is 18.4. The highest BCUT2D eigenvalue weighted by Crippen LogP contribution is 2.24. The highest BCUT2D eigenvalue weighted by atomic mass is 19.1. The van der Waals surface area contributed by atoms with E-state index in [1.807, 2.05) is 0 Å². The minimum Gasteiger partial charge on any atom is -0.491 e. The molecule has 2 aromatic rings. The van der Waals surface area contributed by atoms with E-state index in [1.54, 1.807) is 30.1 Å². The number of hydrogen-bond acceptors (Lipinski definition) is 5. The van der Waals surface area contributed by atoms with Gasteiger partial charge in [-0.2, -0.15) is 0 Å². The van der Waals surface area contributed by atoms with Gasteiger partial charge in [0.05, 0.1) is 6.54 Å². The molecule has 0 spiro atoms. The molecule has 7 heteroatoms. The Labute approximate surface area is 145 Å². The molecule has 2 N–H and O–H groups in total. The number of β-amino-alcohol motifs (C(OH)–C–C–N with tert-alkyl or cyclic N) is 1. The maximum absolute atomic E-state index is 12.9. The molecule has 2 heterocycles. The zero-order chi connectivity index (χ0) is 17.9. The fraction of sp³-hybridized carbons (Fsp3) is 0.333. The number of carbonyl (C=O) groups is 1. The number of nitrogens with one attached hydrogen (secondary N) is 1. The summed E-state index contributed by atoms with van der Waals surface area (Å²) in [5, 5.41) is 13.5. The topological polar surface area (TPSA) is 74.7 Å². The second-order valence-corrected chi connectivity index (χ2v) is 6.10. The predicted octanol–water partition coefficient (Wildman–Crippen LogP) is 1.92. The Morgan fingerprint density at radius 3 is 2.84 bits per heavy atom. The summed E-state index contributed by atoms with van der Waals surface area (Å²) in [6, 6.07) is 10.8. The molecular formula is C18H20FN3O3. The van der Waals surface area contributed by atoms with E-state index in [0.717, 1.165) is 0 Å². The lowest BCUT2D eigenvalue weighted by Crippen LogP contribution is -2.40. The van der Waals surface area contributed by atoms with Crippen molar-refractivity contribution in [1.82, 2.24) is 9.88 Å². The van der Waals surface area contributed by atoms with Gasteiger partial charge in [0.1, 0.15) is 35.3 Å². The molecule has 6 nitrogen and oxygen atoms in total. The lowest BCUT2D eigenvalue weighted by Gasteiger charge is -2.23. The Hall–Kier alpha value is -2.67. The number of aromatic nitrogens is 1. The number of halogens is 1. The fourth-order valence-electron chi connectivity index (χ4n) is 2.75. The highest BCUT2D eigenvalue weighted by molar-refractivity contribution is 5.93. The molecule has 1 aromatic heterocycles. The monoisotopic (exact) mass is 345 g/mol. The second kappa shape index (κ2) is 7.06. The highest BCUT2D eigenvalue weighted by Gasteiger charge is 2.39. The molecule has 25 heavy (non-hydrogen) atoms. The minimum atomic E-state index is -1.13. The van der Waals surface area contributed by atoms with Crippen molar-refractivity contribution in [3.05, 3.63) is 54.0 Å². The fourth-order valence-corrected chi connectivity index (χ4v) is 2.75. The first-order valence-electron chi connectivity index (χ1n) is 8.04. The Balaban J connectivity index is 1.61. The van der Waals surface area contributed by atoms with Gasteiger partial charge < -0.3 is 20.1 Å². The van der Waals surface area contributed by atoms with Crippen LogP contribution in [-0.2, 0) is 0 Å². The van der Waals surface area contributed by atoms with Crippen molar-refractivity contribution in [3.63, 3.8) is 0 Å². The molecule has 0 bridgehead atoms.